The Kier molecular flexibility index (Phi) is 4.74. The molecule has 1 N–H and O–H groups in total. The van der Waals surface area contributed by atoms with Crippen molar-refractivity contribution in [3.05, 3.63) is 48.5 Å². The molecule has 0 unspecified atom stereocenters. The summed E-state index contributed by atoms with van der Waals surface area (Å²) in [7, 11) is 0. The van der Waals surface area contributed by atoms with Crippen LogP contribution in [0.3, 0.4) is 0 Å². The van der Waals surface area contributed by atoms with Gasteiger partial charge in [0, 0.05) is 19.6 Å². The number of piperidine rings is 1. The molecule has 2 heterocycles. The summed E-state index contributed by atoms with van der Waals surface area (Å²) in [6.07, 6.45) is 5.59. The Hall–Kier alpha value is -2.01. The molecule has 0 spiro atoms. The Labute approximate surface area is 125 Å². The summed E-state index contributed by atoms with van der Waals surface area (Å²) in [6, 6.07) is 10.9. The van der Waals surface area contributed by atoms with Gasteiger partial charge in [-0.1, -0.05) is 30.3 Å². The van der Waals surface area contributed by atoms with Crippen molar-refractivity contribution in [2.75, 3.05) is 31.5 Å². The minimum absolute atomic E-state index is 0.654. The first-order valence-electron chi connectivity index (χ1n) is 7.55. The van der Waals surface area contributed by atoms with Crippen molar-refractivity contribution in [1.82, 2.24) is 19.9 Å². The molecule has 5 nitrogen and oxygen atoms in total. The number of benzene rings is 1. The van der Waals surface area contributed by atoms with Gasteiger partial charge in [-0.3, -0.25) is 0 Å². The second kappa shape index (κ2) is 7.13. The third kappa shape index (κ3) is 3.98. The van der Waals surface area contributed by atoms with Crippen LogP contribution in [0, 0.1) is 0 Å². The molecule has 1 aliphatic heterocycles. The summed E-state index contributed by atoms with van der Waals surface area (Å²) in [6.45, 7) is 4.21. The number of rotatable bonds is 5. The van der Waals surface area contributed by atoms with Gasteiger partial charge in [-0.15, -0.1) is 0 Å². The Morgan fingerprint density at radius 2 is 1.95 bits per heavy atom. The molecule has 0 aliphatic carbocycles. The molecule has 2 aromatic rings. The van der Waals surface area contributed by atoms with Crippen molar-refractivity contribution in [2.24, 2.45) is 0 Å². The molecule has 21 heavy (non-hydrogen) atoms. The molecular formula is C16H21N5. The van der Waals surface area contributed by atoms with E-state index >= 15 is 0 Å². The van der Waals surface area contributed by atoms with E-state index < -0.39 is 0 Å². The van der Waals surface area contributed by atoms with Crippen LogP contribution in [0.15, 0.2) is 43.0 Å². The Morgan fingerprint density at radius 1 is 1.14 bits per heavy atom. The summed E-state index contributed by atoms with van der Waals surface area (Å²) >= 11 is 0. The molecule has 1 atom stereocenters. The van der Waals surface area contributed by atoms with E-state index in [-0.39, 0.29) is 0 Å². The van der Waals surface area contributed by atoms with Crippen LogP contribution in [-0.4, -0.2) is 46.0 Å². The summed E-state index contributed by atoms with van der Waals surface area (Å²) < 4.78 is 0. The lowest BCUT2D eigenvalue weighted by Gasteiger charge is -2.33. The lowest BCUT2D eigenvalue weighted by Crippen LogP contribution is -2.37. The van der Waals surface area contributed by atoms with E-state index in [0.29, 0.717) is 11.9 Å². The van der Waals surface area contributed by atoms with E-state index in [4.69, 9.17) is 0 Å². The highest BCUT2D eigenvalue weighted by Gasteiger charge is 2.20. The third-order valence-electron chi connectivity index (χ3n) is 3.98. The van der Waals surface area contributed by atoms with Crippen molar-refractivity contribution in [1.29, 1.82) is 0 Å². The predicted molar refractivity (Wildman–Crippen MR) is 83.2 cm³/mol. The van der Waals surface area contributed by atoms with Crippen LogP contribution >= 0.6 is 0 Å². The maximum atomic E-state index is 4.07. The predicted octanol–water partition coefficient (Wildman–Crippen LogP) is 2.16. The molecule has 0 bridgehead atoms. The molecule has 0 amide bonds. The van der Waals surface area contributed by atoms with Crippen molar-refractivity contribution >= 4 is 5.95 Å². The molecule has 1 aromatic heterocycles. The first-order chi connectivity index (χ1) is 10.4. The number of anilines is 1. The molecule has 1 aromatic carbocycles. The van der Waals surface area contributed by atoms with Gasteiger partial charge >= 0.3 is 0 Å². The lowest BCUT2D eigenvalue weighted by molar-refractivity contribution is 0.215. The highest BCUT2D eigenvalue weighted by molar-refractivity contribution is 5.21. The summed E-state index contributed by atoms with van der Waals surface area (Å²) in [5.74, 6) is 1.32. The van der Waals surface area contributed by atoms with Gasteiger partial charge in [-0.05, 0) is 30.9 Å². The zero-order valence-electron chi connectivity index (χ0n) is 12.2. The number of aromatic nitrogens is 3. The number of nitrogens with one attached hydrogen (secondary N) is 1. The standard InChI is InChI=1S/C16H21N5/c1-2-5-14(6-3-1)15-7-4-9-21(11-15)10-8-18-16-19-12-17-13-20-16/h1-3,5-6,12-13,15H,4,7-11H2,(H,17,18,19,20)/t15-/m1/s1. The van der Waals surface area contributed by atoms with Crippen LogP contribution in [0.2, 0.25) is 0 Å². The number of hydrogen-bond donors (Lipinski definition) is 1. The quantitative estimate of drug-likeness (QED) is 0.911. The average Bonchev–Trinajstić information content (AvgIpc) is 2.57. The normalized spacial score (nSPS) is 19.3. The van der Waals surface area contributed by atoms with Crippen molar-refractivity contribution < 1.29 is 0 Å². The fourth-order valence-corrected chi connectivity index (χ4v) is 2.91. The first-order valence-corrected chi connectivity index (χ1v) is 7.55. The SMILES string of the molecule is c1ccc([C@@H]2CCCN(CCNc3ncncn3)C2)cc1. The van der Waals surface area contributed by atoms with E-state index in [1.165, 1.54) is 37.6 Å². The van der Waals surface area contributed by atoms with Crippen molar-refractivity contribution in [3.63, 3.8) is 0 Å². The topological polar surface area (TPSA) is 53.9 Å². The molecule has 3 rings (SSSR count). The smallest absolute Gasteiger partial charge is 0.225 e. The molecule has 5 heteroatoms. The van der Waals surface area contributed by atoms with E-state index in [0.717, 1.165) is 19.6 Å². The second-order valence-corrected chi connectivity index (χ2v) is 5.44. The number of hydrogen-bond acceptors (Lipinski definition) is 5. The summed E-state index contributed by atoms with van der Waals surface area (Å²) in [5.41, 5.74) is 1.47. The van der Waals surface area contributed by atoms with Crippen LogP contribution < -0.4 is 5.32 Å². The van der Waals surface area contributed by atoms with Crippen LogP contribution in [0.25, 0.3) is 0 Å². The Morgan fingerprint density at radius 3 is 2.76 bits per heavy atom. The van der Waals surface area contributed by atoms with Crippen LogP contribution in [0.5, 0.6) is 0 Å². The van der Waals surface area contributed by atoms with Gasteiger partial charge in [0.1, 0.15) is 12.7 Å². The van der Waals surface area contributed by atoms with Crippen molar-refractivity contribution in [2.45, 2.75) is 18.8 Å². The van der Waals surface area contributed by atoms with Gasteiger partial charge in [0.25, 0.3) is 0 Å². The average molecular weight is 283 g/mol. The fourth-order valence-electron chi connectivity index (χ4n) is 2.91. The van der Waals surface area contributed by atoms with Crippen LogP contribution in [-0.2, 0) is 0 Å². The number of likely N-dealkylation sites (tertiary alicyclic amines) is 1. The maximum absolute atomic E-state index is 4.07. The van der Waals surface area contributed by atoms with Gasteiger partial charge in [0.15, 0.2) is 0 Å². The van der Waals surface area contributed by atoms with E-state index in [1.807, 2.05) is 0 Å². The molecule has 110 valence electrons. The van der Waals surface area contributed by atoms with Gasteiger partial charge in [-0.2, -0.15) is 0 Å². The van der Waals surface area contributed by atoms with Gasteiger partial charge in [-0.25, -0.2) is 15.0 Å². The second-order valence-electron chi connectivity index (χ2n) is 5.44. The first kappa shape index (κ1) is 13.9. The van der Waals surface area contributed by atoms with Crippen molar-refractivity contribution in [3.8, 4) is 0 Å². The molecule has 0 saturated carbocycles. The molecular weight excluding hydrogens is 262 g/mol. The Balaban J connectivity index is 1.48. The van der Waals surface area contributed by atoms with Crippen LogP contribution in [0.1, 0.15) is 24.3 Å². The van der Waals surface area contributed by atoms with E-state index in [2.05, 4.69) is 55.5 Å². The largest absolute Gasteiger partial charge is 0.353 e. The van der Waals surface area contributed by atoms with Gasteiger partial charge < -0.3 is 10.2 Å². The molecule has 1 fully saturated rings. The van der Waals surface area contributed by atoms with Gasteiger partial charge in [0.05, 0.1) is 0 Å². The van der Waals surface area contributed by atoms with E-state index in [9.17, 15) is 0 Å². The fraction of sp³-hybridized carbons (Fsp3) is 0.438. The van der Waals surface area contributed by atoms with Gasteiger partial charge in [0.2, 0.25) is 5.95 Å². The minimum Gasteiger partial charge on any atom is -0.353 e. The molecule has 1 saturated heterocycles. The zero-order valence-corrected chi connectivity index (χ0v) is 12.2. The van der Waals surface area contributed by atoms with Crippen LogP contribution in [0.4, 0.5) is 5.95 Å². The number of nitrogens with zero attached hydrogens (tertiary/aromatic N) is 4. The summed E-state index contributed by atoms with van der Waals surface area (Å²) in [5, 5.41) is 3.24. The Bertz CT molecular complexity index is 531. The third-order valence-corrected chi connectivity index (χ3v) is 3.98. The molecule has 0 radical (unpaired) electrons. The minimum atomic E-state index is 0.654. The van der Waals surface area contributed by atoms with E-state index in [1.54, 1.807) is 0 Å². The highest BCUT2D eigenvalue weighted by Crippen LogP contribution is 2.26. The lowest BCUT2D eigenvalue weighted by atomic mass is 9.91. The monoisotopic (exact) mass is 283 g/mol. The summed E-state index contributed by atoms with van der Waals surface area (Å²) in [4.78, 5) is 14.5. The highest BCUT2D eigenvalue weighted by atomic mass is 15.2. The maximum Gasteiger partial charge on any atom is 0.225 e. The zero-order chi connectivity index (χ0) is 14.3. The molecule has 1 aliphatic rings.